The second-order valence-corrected chi connectivity index (χ2v) is 9.31. The lowest BCUT2D eigenvalue weighted by Gasteiger charge is -2.16. The highest BCUT2D eigenvalue weighted by Crippen LogP contribution is 2.30. The number of carbonyl (C=O) groups is 2. The van der Waals surface area contributed by atoms with Gasteiger partial charge < -0.3 is 10.1 Å². The highest BCUT2D eigenvalue weighted by atomic mass is 32.2. The quantitative estimate of drug-likeness (QED) is 0.512. The van der Waals surface area contributed by atoms with E-state index in [1.807, 2.05) is 31.2 Å². The lowest BCUT2D eigenvalue weighted by molar-refractivity contribution is -0.121. The molecular formula is C22H26N2O5S. The van der Waals surface area contributed by atoms with Gasteiger partial charge in [0.1, 0.15) is 6.61 Å². The number of carbonyl (C=O) groups excluding carboxylic acids is 2. The Kier molecular flexibility index (Phi) is 6.77. The number of nitrogens with one attached hydrogen (secondary N) is 1. The summed E-state index contributed by atoms with van der Waals surface area (Å²) in [5.41, 5.74) is 4.07. The summed E-state index contributed by atoms with van der Waals surface area (Å²) in [4.78, 5) is 24.2. The summed E-state index contributed by atoms with van der Waals surface area (Å²) in [5, 5.41) is 2.75. The van der Waals surface area contributed by atoms with Gasteiger partial charge in [-0.1, -0.05) is 29.8 Å². The first-order valence-corrected chi connectivity index (χ1v) is 11.7. The number of fused-ring (bicyclic) bond motifs is 1. The van der Waals surface area contributed by atoms with Crippen LogP contribution in [-0.2, 0) is 32.4 Å². The molecule has 0 aliphatic carbocycles. The van der Waals surface area contributed by atoms with Crippen LogP contribution in [0.15, 0.2) is 42.5 Å². The molecule has 0 saturated carbocycles. The first-order chi connectivity index (χ1) is 14.2. The minimum absolute atomic E-state index is 0.0711. The van der Waals surface area contributed by atoms with E-state index >= 15 is 0 Å². The third-order valence-corrected chi connectivity index (χ3v) is 6.17. The van der Waals surface area contributed by atoms with E-state index in [-0.39, 0.29) is 19.1 Å². The molecule has 160 valence electrons. The lowest BCUT2D eigenvalue weighted by atomic mass is 10.1. The van der Waals surface area contributed by atoms with Gasteiger partial charge in [0.05, 0.1) is 24.1 Å². The molecule has 0 bridgehead atoms. The smallest absolute Gasteiger partial charge is 0.338 e. The average Bonchev–Trinajstić information content (AvgIpc) is 3.14. The molecule has 1 heterocycles. The first-order valence-electron chi connectivity index (χ1n) is 9.84. The van der Waals surface area contributed by atoms with Gasteiger partial charge in [-0.05, 0) is 49.1 Å². The summed E-state index contributed by atoms with van der Waals surface area (Å²) in [6, 6.07) is 12.9. The third kappa shape index (κ3) is 5.60. The number of ether oxygens (including phenoxy) is 1. The molecule has 1 amide bonds. The molecule has 1 N–H and O–H groups in total. The van der Waals surface area contributed by atoms with Crippen LogP contribution < -0.4 is 9.62 Å². The predicted octanol–water partition coefficient (Wildman–Crippen LogP) is 2.22. The molecule has 0 aromatic heterocycles. The van der Waals surface area contributed by atoms with Gasteiger partial charge in [0.2, 0.25) is 15.9 Å². The number of nitrogens with zero attached hydrogens (tertiary/aromatic N) is 1. The highest BCUT2D eigenvalue weighted by Gasteiger charge is 2.26. The summed E-state index contributed by atoms with van der Waals surface area (Å²) >= 11 is 0. The maximum Gasteiger partial charge on any atom is 0.338 e. The molecule has 3 rings (SSSR count). The molecular weight excluding hydrogens is 404 g/mol. The van der Waals surface area contributed by atoms with E-state index in [1.54, 1.807) is 18.2 Å². The number of rotatable bonds is 8. The molecule has 2 aromatic rings. The van der Waals surface area contributed by atoms with E-state index in [2.05, 4.69) is 5.32 Å². The zero-order valence-electron chi connectivity index (χ0n) is 17.2. The molecule has 0 fully saturated rings. The SMILES string of the molecule is Cc1ccc(CCC(=O)NCCOC(=O)c2ccc3c(c2)CCN3S(C)(=O)=O)cc1. The Morgan fingerprint density at radius 1 is 1.13 bits per heavy atom. The summed E-state index contributed by atoms with van der Waals surface area (Å²) in [7, 11) is -3.32. The van der Waals surface area contributed by atoms with Gasteiger partial charge in [-0.25, -0.2) is 13.2 Å². The number of hydrogen-bond donors (Lipinski definition) is 1. The van der Waals surface area contributed by atoms with Crippen molar-refractivity contribution in [1.82, 2.24) is 5.32 Å². The number of amides is 1. The minimum Gasteiger partial charge on any atom is -0.460 e. The first kappa shape index (κ1) is 21.8. The van der Waals surface area contributed by atoms with Crippen molar-refractivity contribution in [2.24, 2.45) is 0 Å². The van der Waals surface area contributed by atoms with Crippen LogP contribution >= 0.6 is 0 Å². The van der Waals surface area contributed by atoms with Gasteiger partial charge >= 0.3 is 5.97 Å². The molecule has 0 spiro atoms. The van der Waals surface area contributed by atoms with Gasteiger partial charge in [-0.15, -0.1) is 0 Å². The van der Waals surface area contributed by atoms with Crippen molar-refractivity contribution in [3.05, 3.63) is 64.7 Å². The van der Waals surface area contributed by atoms with Gasteiger partial charge in [-0.2, -0.15) is 0 Å². The van der Waals surface area contributed by atoms with Crippen LogP contribution in [0.2, 0.25) is 0 Å². The Morgan fingerprint density at radius 2 is 1.87 bits per heavy atom. The van der Waals surface area contributed by atoms with Crippen molar-refractivity contribution in [3.8, 4) is 0 Å². The fraction of sp³-hybridized carbons (Fsp3) is 0.364. The second-order valence-electron chi connectivity index (χ2n) is 7.40. The Hall–Kier alpha value is -2.87. The minimum atomic E-state index is -3.32. The van der Waals surface area contributed by atoms with E-state index in [4.69, 9.17) is 4.74 Å². The Balaban J connectivity index is 1.42. The molecule has 30 heavy (non-hydrogen) atoms. The number of aryl methyl sites for hydroxylation is 2. The Morgan fingerprint density at radius 3 is 2.57 bits per heavy atom. The van der Waals surface area contributed by atoms with E-state index in [0.29, 0.717) is 37.1 Å². The van der Waals surface area contributed by atoms with Crippen LogP contribution in [0.5, 0.6) is 0 Å². The molecule has 0 atom stereocenters. The number of esters is 1. The summed E-state index contributed by atoms with van der Waals surface area (Å²) < 4.78 is 30.1. The highest BCUT2D eigenvalue weighted by molar-refractivity contribution is 7.92. The number of anilines is 1. The normalized spacial score (nSPS) is 13.1. The number of sulfonamides is 1. The monoisotopic (exact) mass is 430 g/mol. The van der Waals surface area contributed by atoms with Crippen molar-refractivity contribution < 1.29 is 22.7 Å². The van der Waals surface area contributed by atoms with Gasteiger partial charge in [0.15, 0.2) is 0 Å². The van der Waals surface area contributed by atoms with Crippen molar-refractivity contribution in [1.29, 1.82) is 0 Å². The fourth-order valence-electron chi connectivity index (χ4n) is 3.36. The van der Waals surface area contributed by atoms with E-state index in [0.717, 1.165) is 11.1 Å². The zero-order valence-corrected chi connectivity index (χ0v) is 18.0. The van der Waals surface area contributed by atoms with Crippen molar-refractivity contribution in [3.63, 3.8) is 0 Å². The maximum absolute atomic E-state index is 12.2. The largest absolute Gasteiger partial charge is 0.460 e. The maximum atomic E-state index is 12.2. The van der Waals surface area contributed by atoms with Crippen LogP contribution in [0.25, 0.3) is 0 Å². The summed E-state index contributed by atoms with van der Waals surface area (Å²) in [6.07, 6.45) is 2.75. The standard InChI is InChI=1S/C22H26N2O5S/c1-16-3-5-17(6-4-16)7-10-21(25)23-12-14-29-22(26)19-8-9-20-18(15-19)11-13-24(20)30(2,27)28/h3-6,8-9,15H,7,10-14H2,1-2H3,(H,23,25). The topological polar surface area (TPSA) is 92.8 Å². The fourth-order valence-corrected chi connectivity index (χ4v) is 4.32. The van der Waals surface area contributed by atoms with E-state index in [9.17, 15) is 18.0 Å². The molecule has 8 heteroatoms. The Labute approximate surface area is 177 Å². The van der Waals surface area contributed by atoms with Crippen LogP contribution in [0, 0.1) is 6.92 Å². The predicted molar refractivity (Wildman–Crippen MR) is 115 cm³/mol. The van der Waals surface area contributed by atoms with Crippen molar-refractivity contribution >= 4 is 27.6 Å². The molecule has 0 unspecified atom stereocenters. The molecule has 1 aliphatic heterocycles. The van der Waals surface area contributed by atoms with Crippen LogP contribution in [0.3, 0.4) is 0 Å². The molecule has 0 saturated heterocycles. The van der Waals surface area contributed by atoms with Gasteiger partial charge in [0, 0.05) is 13.0 Å². The Bertz CT molecular complexity index is 1030. The third-order valence-electron chi connectivity index (χ3n) is 4.99. The van der Waals surface area contributed by atoms with E-state index < -0.39 is 16.0 Å². The van der Waals surface area contributed by atoms with Crippen molar-refractivity contribution in [2.45, 2.75) is 26.2 Å². The number of hydrogen-bond acceptors (Lipinski definition) is 5. The second kappa shape index (κ2) is 9.30. The van der Waals surface area contributed by atoms with Gasteiger partial charge in [0.25, 0.3) is 0 Å². The summed E-state index contributed by atoms with van der Waals surface area (Å²) in [5.74, 6) is -0.588. The summed E-state index contributed by atoms with van der Waals surface area (Å²) in [6.45, 7) is 2.71. The van der Waals surface area contributed by atoms with Crippen molar-refractivity contribution in [2.75, 3.05) is 30.3 Å². The molecule has 0 radical (unpaired) electrons. The zero-order chi connectivity index (χ0) is 21.7. The average molecular weight is 431 g/mol. The molecule has 1 aliphatic rings. The van der Waals surface area contributed by atoms with Gasteiger partial charge in [-0.3, -0.25) is 9.10 Å². The molecule has 7 nitrogen and oxygen atoms in total. The lowest BCUT2D eigenvalue weighted by Crippen LogP contribution is -2.28. The van der Waals surface area contributed by atoms with Crippen LogP contribution in [0.1, 0.15) is 33.5 Å². The van der Waals surface area contributed by atoms with E-state index in [1.165, 1.54) is 16.1 Å². The van der Waals surface area contributed by atoms with Crippen LogP contribution in [0.4, 0.5) is 5.69 Å². The van der Waals surface area contributed by atoms with Crippen LogP contribution in [-0.4, -0.2) is 46.2 Å². The molecule has 2 aromatic carbocycles. The number of benzene rings is 2.